The van der Waals surface area contributed by atoms with E-state index >= 15 is 0 Å². The summed E-state index contributed by atoms with van der Waals surface area (Å²) in [6, 6.07) is 21.8. The monoisotopic (exact) mass is 481 g/mol. The molecule has 1 saturated carbocycles. The van der Waals surface area contributed by atoms with E-state index < -0.39 is 0 Å². The summed E-state index contributed by atoms with van der Waals surface area (Å²) >= 11 is 2.38. The average molecular weight is 481 g/mol. The smallest absolute Gasteiger partial charge is 0.159 e. The molecule has 1 heterocycles. The molecule has 1 fully saturated rings. The van der Waals surface area contributed by atoms with Gasteiger partial charge in [-0.25, -0.2) is 0 Å². The molecule has 0 aliphatic heterocycles. The van der Waals surface area contributed by atoms with Crippen LogP contribution in [0, 0.1) is 6.92 Å². The predicted octanol–water partition coefficient (Wildman–Crippen LogP) is 8.43. The summed E-state index contributed by atoms with van der Waals surface area (Å²) in [6.07, 6.45) is 6.61. The minimum Gasteiger partial charge on any atom is -0.454 e. The average Bonchev–Trinajstić information content (AvgIpc) is 3.13. The van der Waals surface area contributed by atoms with Crippen LogP contribution < -0.4 is 3.11 Å². The van der Waals surface area contributed by atoms with Crippen LogP contribution in [0.25, 0.3) is 21.9 Å². The Morgan fingerprint density at radius 1 is 0.821 bits per heavy atom. The van der Waals surface area contributed by atoms with Gasteiger partial charge in [0.2, 0.25) is 0 Å². The zero-order chi connectivity index (χ0) is 19.1. The number of fused-ring (bicyclic) bond motifs is 3. The third kappa shape index (κ3) is 3.10. The van der Waals surface area contributed by atoms with E-state index in [2.05, 4.69) is 93.6 Å². The lowest BCUT2D eigenvalue weighted by molar-refractivity contribution is 0.442. The minimum atomic E-state index is 0.634. The lowest BCUT2D eigenvalue weighted by Crippen LogP contribution is -2.04. The van der Waals surface area contributed by atoms with E-state index in [0.29, 0.717) is 5.92 Å². The van der Waals surface area contributed by atoms with Gasteiger partial charge >= 0.3 is 0 Å². The van der Waals surface area contributed by atoms with Gasteiger partial charge in [0.25, 0.3) is 0 Å². The molecule has 1 aromatic heterocycles. The number of benzene rings is 3. The van der Waals surface area contributed by atoms with E-state index in [-0.39, 0.29) is 0 Å². The van der Waals surface area contributed by atoms with Gasteiger partial charge in [-0.15, -0.1) is 0 Å². The fourth-order valence-corrected chi connectivity index (χ4v) is 5.23. The molecule has 0 radical (unpaired) electrons. The van der Waals surface area contributed by atoms with Gasteiger partial charge < -0.3 is 4.42 Å². The highest BCUT2D eigenvalue weighted by Gasteiger charge is 2.22. The highest BCUT2D eigenvalue weighted by atomic mass is 127. The summed E-state index contributed by atoms with van der Waals surface area (Å²) in [5.41, 5.74) is 7.00. The van der Waals surface area contributed by atoms with Gasteiger partial charge in [0.05, 0.1) is 34.2 Å². The van der Waals surface area contributed by atoms with Crippen LogP contribution >= 0.6 is 22.9 Å². The summed E-state index contributed by atoms with van der Waals surface area (Å²) in [4.78, 5) is 0. The lowest BCUT2D eigenvalue weighted by atomic mass is 9.83. The maximum Gasteiger partial charge on any atom is 0.159 e. The van der Waals surface area contributed by atoms with Crippen molar-refractivity contribution in [1.82, 2.24) is 0 Å². The molecule has 0 N–H and O–H groups in total. The van der Waals surface area contributed by atoms with Crippen LogP contribution in [0.4, 0.5) is 11.4 Å². The zero-order valence-electron chi connectivity index (χ0n) is 16.1. The molecule has 1 aliphatic rings. The highest BCUT2D eigenvalue weighted by Crippen LogP contribution is 2.43. The molecule has 0 bridgehead atoms. The normalized spacial score (nSPS) is 15.4. The van der Waals surface area contributed by atoms with E-state index in [9.17, 15) is 0 Å². The van der Waals surface area contributed by atoms with E-state index in [1.807, 2.05) is 0 Å². The molecular formula is C25H24INO. The molecule has 28 heavy (non-hydrogen) atoms. The summed E-state index contributed by atoms with van der Waals surface area (Å²) in [6.45, 7) is 2.12. The van der Waals surface area contributed by atoms with Crippen molar-refractivity contribution in [3.8, 4) is 0 Å². The van der Waals surface area contributed by atoms with Crippen LogP contribution in [0.2, 0.25) is 0 Å². The van der Waals surface area contributed by atoms with Gasteiger partial charge in [0, 0.05) is 10.8 Å². The Balaban J connectivity index is 1.66. The van der Waals surface area contributed by atoms with Crippen LogP contribution in [0.1, 0.15) is 49.1 Å². The van der Waals surface area contributed by atoms with Crippen LogP contribution in [-0.2, 0) is 0 Å². The van der Waals surface area contributed by atoms with E-state index in [1.54, 1.807) is 0 Å². The second-order valence-corrected chi connectivity index (χ2v) is 8.90. The van der Waals surface area contributed by atoms with E-state index in [4.69, 9.17) is 4.42 Å². The van der Waals surface area contributed by atoms with Crippen molar-refractivity contribution in [2.45, 2.75) is 44.9 Å². The predicted molar refractivity (Wildman–Crippen MR) is 127 cm³/mol. The second-order valence-electron chi connectivity index (χ2n) is 7.93. The number of aryl methyl sites for hydroxylation is 1. The highest BCUT2D eigenvalue weighted by molar-refractivity contribution is 14.1. The lowest BCUT2D eigenvalue weighted by Gasteiger charge is -2.21. The summed E-state index contributed by atoms with van der Waals surface area (Å²) in [5, 5.41) is 2.45. The number of nitrogens with zero attached hydrogens (tertiary/aromatic N) is 1. The van der Waals surface area contributed by atoms with Crippen molar-refractivity contribution in [2.75, 3.05) is 3.11 Å². The topological polar surface area (TPSA) is 16.4 Å². The van der Waals surface area contributed by atoms with Gasteiger partial charge in [0.1, 0.15) is 5.58 Å². The Bertz CT molecular complexity index is 1120. The maximum atomic E-state index is 6.59. The molecular weight excluding hydrogens is 457 g/mol. The number of halogens is 1. The minimum absolute atomic E-state index is 0.634. The number of anilines is 2. The Labute approximate surface area is 180 Å². The molecule has 5 rings (SSSR count). The molecule has 4 aromatic rings. The summed E-state index contributed by atoms with van der Waals surface area (Å²) < 4.78 is 8.78. The number of furan rings is 1. The molecule has 142 valence electrons. The zero-order valence-corrected chi connectivity index (χ0v) is 18.3. The van der Waals surface area contributed by atoms with Gasteiger partial charge in [0.15, 0.2) is 5.58 Å². The maximum absolute atomic E-state index is 6.59. The molecule has 0 amide bonds. The fraction of sp³-hybridized carbons (Fsp3) is 0.280. The number of hydrogen-bond acceptors (Lipinski definition) is 2. The third-order valence-corrected chi connectivity index (χ3v) is 7.13. The molecule has 1 aliphatic carbocycles. The van der Waals surface area contributed by atoms with E-state index in [1.165, 1.54) is 54.0 Å². The quantitative estimate of drug-likeness (QED) is 0.216. The van der Waals surface area contributed by atoms with Gasteiger partial charge in [-0.1, -0.05) is 67.3 Å². The van der Waals surface area contributed by atoms with Crippen LogP contribution in [-0.4, -0.2) is 0 Å². The van der Waals surface area contributed by atoms with Crippen molar-refractivity contribution in [3.63, 3.8) is 0 Å². The van der Waals surface area contributed by atoms with Gasteiger partial charge in [-0.2, -0.15) is 0 Å². The summed E-state index contributed by atoms with van der Waals surface area (Å²) in [5.74, 6) is 0.634. The fourth-order valence-electron chi connectivity index (χ4n) is 4.53. The van der Waals surface area contributed by atoms with Crippen LogP contribution in [0.15, 0.2) is 65.1 Å². The molecule has 0 spiro atoms. The Morgan fingerprint density at radius 3 is 2.25 bits per heavy atom. The number of rotatable bonds is 3. The molecule has 0 saturated heterocycles. The number of hydrogen-bond donors (Lipinski definition) is 0. The Kier molecular flexibility index (Phi) is 4.79. The first-order valence-corrected chi connectivity index (χ1v) is 11.2. The molecule has 0 atom stereocenters. The first kappa shape index (κ1) is 18.0. The molecule has 3 heteroatoms. The van der Waals surface area contributed by atoms with Crippen molar-refractivity contribution in [3.05, 3.63) is 71.8 Å². The van der Waals surface area contributed by atoms with E-state index in [0.717, 1.165) is 22.5 Å². The summed E-state index contributed by atoms with van der Waals surface area (Å²) in [7, 11) is 0. The van der Waals surface area contributed by atoms with Crippen molar-refractivity contribution in [1.29, 1.82) is 0 Å². The third-order valence-electron chi connectivity index (χ3n) is 6.05. The molecule has 2 nitrogen and oxygen atoms in total. The Hall–Kier alpha value is -2.01. The Morgan fingerprint density at radius 2 is 1.50 bits per heavy atom. The van der Waals surface area contributed by atoms with Crippen molar-refractivity contribution < 1.29 is 4.42 Å². The first-order chi connectivity index (χ1) is 13.7. The largest absolute Gasteiger partial charge is 0.454 e. The number of para-hydroxylation sites is 2. The second kappa shape index (κ2) is 7.43. The molecule has 3 aromatic carbocycles. The van der Waals surface area contributed by atoms with Crippen LogP contribution in [0.5, 0.6) is 0 Å². The standard InChI is InChI=1S/C25H24INO/c1-17-13-15-19(16-14-17)27(26)23-12-6-11-22-21-10-5-9-20(24(21)28-25(22)23)18-7-3-2-4-8-18/h5-6,9-16,18H,2-4,7-8H2,1H3. The molecule has 0 unspecified atom stereocenters. The van der Waals surface area contributed by atoms with Crippen molar-refractivity contribution >= 4 is 56.2 Å². The van der Waals surface area contributed by atoms with Gasteiger partial charge in [-0.3, -0.25) is 3.11 Å². The van der Waals surface area contributed by atoms with Gasteiger partial charge in [-0.05, 0) is 49.4 Å². The van der Waals surface area contributed by atoms with Crippen molar-refractivity contribution in [2.24, 2.45) is 0 Å². The SMILES string of the molecule is Cc1ccc(N(I)c2cccc3c2oc2c(C4CCCCC4)cccc23)cc1. The van der Waals surface area contributed by atoms with Crippen LogP contribution in [0.3, 0.4) is 0 Å². The first-order valence-electron chi connectivity index (χ1n) is 10.2.